The maximum atomic E-state index is 12.1. The number of carbonyl (C=O) groups is 2. The van der Waals surface area contributed by atoms with Gasteiger partial charge in [0.25, 0.3) is 0 Å². The van der Waals surface area contributed by atoms with Crippen LogP contribution < -0.4 is 10.6 Å². The second-order valence-electron chi connectivity index (χ2n) is 5.44. The summed E-state index contributed by atoms with van der Waals surface area (Å²) in [7, 11) is 0. The molecule has 1 unspecified atom stereocenters. The van der Waals surface area contributed by atoms with Gasteiger partial charge in [0.2, 0.25) is 11.8 Å². The van der Waals surface area contributed by atoms with E-state index in [0.717, 1.165) is 16.2 Å². The number of imidazole rings is 1. The molecule has 2 aromatic heterocycles. The van der Waals surface area contributed by atoms with Crippen molar-refractivity contribution in [3.63, 3.8) is 0 Å². The van der Waals surface area contributed by atoms with Gasteiger partial charge in [0.05, 0.1) is 5.69 Å². The molecule has 23 heavy (non-hydrogen) atoms. The van der Waals surface area contributed by atoms with Gasteiger partial charge in [-0.2, -0.15) is 0 Å². The molecule has 3 heterocycles. The van der Waals surface area contributed by atoms with E-state index in [9.17, 15) is 9.59 Å². The summed E-state index contributed by atoms with van der Waals surface area (Å²) in [6.07, 6.45) is 4.91. The number of fused-ring (bicyclic) bond motifs is 1. The van der Waals surface area contributed by atoms with Crippen molar-refractivity contribution in [3.05, 3.63) is 42.0 Å². The molecule has 1 fully saturated rings. The number of anilines is 1. The Kier molecular flexibility index (Phi) is 3.34. The Hall–Kier alpha value is -2.67. The molecular formula is C16H14N4O2S. The summed E-state index contributed by atoms with van der Waals surface area (Å²) in [5, 5.41) is 7.48. The maximum Gasteiger partial charge on any atom is 0.246 e. The lowest BCUT2D eigenvalue weighted by atomic mass is 10.1. The summed E-state index contributed by atoms with van der Waals surface area (Å²) in [5.74, 6) is -0.244. The molecule has 116 valence electrons. The third-order valence-electron chi connectivity index (χ3n) is 3.85. The highest BCUT2D eigenvalue weighted by atomic mass is 32.1. The summed E-state index contributed by atoms with van der Waals surface area (Å²) in [6, 6.07) is 7.11. The van der Waals surface area contributed by atoms with E-state index < -0.39 is 6.04 Å². The van der Waals surface area contributed by atoms with Crippen molar-refractivity contribution in [2.75, 3.05) is 5.32 Å². The minimum atomic E-state index is -0.429. The zero-order valence-corrected chi connectivity index (χ0v) is 13.0. The van der Waals surface area contributed by atoms with Gasteiger partial charge in [-0.05, 0) is 18.6 Å². The topological polar surface area (TPSA) is 75.5 Å². The molecule has 0 spiro atoms. The Balaban J connectivity index is 1.48. The van der Waals surface area contributed by atoms with Gasteiger partial charge in [-0.25, -0.2) is 4.98 Å². The molecule has 1 aliphatic rings. The lowest BCUT2D eigenvalue weighted by Crippen LogP contribution is -2.37. The van der Waals surface area contributed by atoms with Crippen LogP contribution in [-0.4, -0.2) is 27.2 Å². The fraction of sp³-hybridized carbons (Fsp3) is 0.188. The van der Waals surface area contributed by atoms with Crippen molar-refractivity contribution < 1.29 is 9.59 Å². The van der Waals surface area contributed by atoms with Gasteiger partial charge < -0.3 is 10.6 Å². The van der Waals surface area contributed by atoms with Crippen LogP contribution in [0.5, 0.6) is 0 Å². The third-order valence-corrected chi connectivity index (χ3v) is 4.62. The van der Waals surface area contributed by atoms with E-state index in [2.05, 4.69) is 15.6 Å². The first-order valence-electron chi connectivity index (χ1n) is 7.32. The highest BCUT2D eigenvalue weighted by molar-refractivity contribution is 7.15. The average Bonchev–Trinajstić information content (AvgIpc) is 3.23. The first-order chi connectivity index (χ1) is 11.2. The van der Waals surface area contributed by atoms with Crippen LogP contribution >= 0.6 is 11.3 Å². The van der Waals surface area contributed by atoms with Crippen molar-refractivity contribution in [1.29, 1.82) is 0 Å². The minimum absolute atomic E-state index is 0.0692. The van der Waals surface area contributed by atoms with E-state index in [1.165, 1.54) is 0 Å². The number of amides is 2. The Morgan fingerprint density at radius 2 is 2.17 bits per heavy atom. The molecule has 4 rings (SSSR count). The van der Waals surface area contributed by atoms with Gasteiger partial charge in [0.1, 0.15) is 6.04 Å². The zero-order valence-electron chi connectivity index (χ0n) is 12.2. The molecular weight excluding hydrogens is 312 g/mol. The largest absolute Gasteiger partial charge is 0.344 e. The van der Waals surface area contributed by atoms with Crippen molar-refractivity contribution in [1.82, 2.24) is 14.7 Å². The number of thiazole rings is 1. The molecule has 0 bridgehead atoms. The number of aromatic nitrogens is 2. The monoisotopic (exact) mass is 326 g/mol. The van der Waals surface area contributed by atoms with Crippen LogP contribution in [0.15, 0.2) is 42.0 Å². The Labute approximate surface area is 136 Å². The zero-order chi connectivity index (χ0) is 15.8. The Morgan fingerprint density at radius 3 is 2.87 bits per heavy atom. The van der Waals surface area contributed by atoms with E-state index in [1.54, 1.807) is 11.3 Å². The second-order valence-corrected chi connectivity index (χ2v) is 6.32. The molecule has 0 saturated carbocycles. The molecule has 3 aromatic rings. The van der Waals surface area contributed by atoms with Crippen LogP contribution in [0.2, 0.25) is 0 Å². The SMILES string of the molecule is O=C1CCC(C(=O)Nc2ccc(-c3cn4ccsc4n3)cc2)N1. The van der Waals surface area contributed by atoms with Gasteiger partial charge in [0, 0.05) is 35.4 Å². The van der Waals surface area contributed by atoms with E-state index >= 15 is 0 Å². The Bertz CT molecular complexity index is 853. The second kappa shape index (κ2) is 5.51. The number of carbonyl (C=O) groups excluding carboxylic acids is 2. The summed E-state index contributed by atoms with van der Waals surface area (Å²) in [6.45, 7) is 0. The predicted molar refractivity (Wildman–Crippen MR) is 88.3 cm³/mol. The van der Waals surface area contributed by atoms with E-state index in [1.807, 2.05) is 46.4 Å². The lowest BCUT2D eigenvalue weighted by Gasteiger charge is -2.11. The van der Waals surface area contributed by atoms with Crippen molar-refractivity contribution in [3.8, 4) is 11.3 Å². The van der Waals surface area contributed by atoms with Crippen LogP contribution in [0.1, 0.15) is 12.8 Å². The van der Waals surface area contributed by atoms with Crippen molar-refractivity contribution >= 4 is 33.8 Å². The van der Waals surface area contributed by atoms with Crippen molar-refractivity contribution in [2.24, 2.45) is 0 Å². The highest BCUT2D eigenvalue weighted by Gasteiger charge is 2.27. The molecule has 0 radical (unpaired) electrons. The number of hydrogen-bond acceptors (Lipinski definition) is 4. The number of nitrogens with one attached hydrogen (secondary N) is 2. The average molecular weight is 326 g/mol. The molecule has 6 nitrogen and oxygen atoms in total. The van der Waals surface area contributed by atoms with Gasteiger partial charge in [0.15, 0.2) is 4.96 Å². The van der Waals surface area contributed by atoms with Crippen molar-refractivity contribution in [2.45, 2.75) is 18.9 Å². The summed E-state index contributed by atoms with van der Waals surface area (Å²) in [5.41, 5.74) is 2.60. The predicted octanol–water partition coefficient (Wildman–Crippen LogP) is 2.28. The van der Waals surface area contributed by atoms with Gasteiger partial charge in [-0.3, -0.25) is 14.0 Å². The quantitative estimate of drug-likeness (QED) is 0.775. The first kappa shape index (κ1) is 14.0. The molecule has 1 aliphatic heterocycles. The first-order valence-corrected chi connectivity index (χ1v) is 8.20. The van der Waals surface area contributed by atoms with E-state index in [4.69, 9.17) is 0 Å². The lowest BCUT2D eigenvalue weighted by molar-refractivity contribution is -0.122. The number of nitrogens with zero attached hydrogens (tertiary/aromatic N) is 2. The third kappa shape index (κ3) is 2.70. The van der Waals surface area contributed by atoms with E-state index in [0.29, 0.717) is 18.5 Å². The fourth-order valence-electron chi connectivity index (χ4n) is 2.63. The molecule has 2 amide bonds. The fourth-order valence-corrected chi connectivity index (χ4v) is 3.33. The van der Waals surface area contributed by atoms with Gasteiger partial charge in [-0.15, -0.1) is 11.3 Å². The molecule has 1 atom stereocenters. The number of hydrogen-bond donors (Lipinski definition) is 2. The molecule has 7 heteroatoms. The van der Waals surface area contributed by atoms with Gasteiger partial charge >= 0.3 is 0 Å². The number of benzene rings is 1. The van der Waals surface area contributed by atoms with Crippen LogP contribution in [-0.2, 0) is 9.59 Å². The standard InChI is InChI=1S/C16H14N4O2S/c21-14-6-5-12(18-14)15(22)17-11-3-1-10(2-4-11)13-9-20-7-8-23-16(20)19-13/h1-4,7-9,12H,5-6H2,(H,17,22)(H,18,21). The minimum Gasteiger partial charge on any atom is -0.344 e. The van der Waals surface area contributed by atoms with Gasteiger partial charge in [-0.1, -0.05) is 12.1 Å². The van der Waals surface area contributed by atoms with Crippen LogP contribution in [0.25, 0.3) is 16.2 Å². The van der Waals surface area contributed by atoms with Crippen LogP contribution in [0, 0.1) is 0 Å². The Morgan fingerprint density at radius 1 is 1.35 bits per heavy atom. The maximum absolute atomic E-state index is 12.1. The van der Waals surface area contributed by atoms with Crippen LogP contribution in [0.4, 0.5) is 5.69 Å². The smallest absolute Gasteiger partial charge is 0.246 e. The normalized spacial score (nSPS) is 17.4. The molecule has 1 saturated heterocycles. The highest BCUT2D eigenvalue weighted by Crippen LogP contribution is 2.23. The summed E-state index contributed by atoms with van der Waals surface area (Å²) in [4.78, 5) is 28.7. The summed E-state index contributed by atoms with van der Waals surface area (Å²) >= 11 is 1.59. The number of rotatable bonds is 3. The van der Waals surface area contributed by atoms with E-state index in [-0.39, 0.29) is 11.8 Å². The molecule has 1 aromatic carbocycles. The summed E-state index contributed by atoms with van der Waals surface area (Å²) < 4.78 is 1.98. The molecule has 0 aliphatic carbocycles. The van der Waals surface area contributed by atoms with Crippen LogP contribution in [0.3, 0.4) is 0 Å². The molecule has 2 N–H and O–H groups in total.